The number of halogens is 1. The molecule has 0 bridgehead atoms. The monoisotopic (exact) mass is 542 g/mol. The molecule has 0 saturated carbocycles. The largest absolute Gasteiger partial charge is 0.468 e. The second-order valence-electron chi connectivity index (χ2n) is 6.55. The first-order valence-electron chi connectivity index (χ1n) is 9.14. The molecule has 30 heavy (non-hydrogen) atoms. The minimum atomic E-state index is -4.13. The SMILES string of the molecule is COC(=O)C(CC=CCOC(C)=O)(Cc1ccccc1I)S(=O)(=O)c1ccccc1. The van der Waals surface area contributed by atoms with Crippen LogP contribution < -0.4 is 0 Å². The fraction of sp³-hybridized carbons (Fsp3) is 0.273. The van der Waals surface area contributed by atoms with Gasteiger partial charge in [-0.25, -0.2) is 8.42 Å². The molecule has 0 N–H and O–H groups in total. The quantitative estimate of drug-likeness (QED) is 0.273. The molecule has 0 fully saturated rings. The van der Waals surface area contributed by atoms with Gasteiger partial charge in [-0.05, 0) is 52.8 Å². The van der Waals surface area contributed by atoms with Crippen molar-refractivity contribution in [2.75, 3.05) is 13.7 Å². The predicted octanol–water partition coefficient (Wildman–Crippen LogP) is 3.73. The highest BCUT2D eigenvalue weighted by Gasteiger charge is 2.52. The Hall–Kier alpha value is -2.20. The first kappa shape index (κ1) is 24.1. The van der Waals surface area contributed by atoms with Crippen LogP contribution in [0.4, 0.5) is 0 Å². The lowest BCUT2D eigenvalue weighted by Gasteiger charge is -2.30. The van der Waals surface area contributed by atoms with Crippen LogP contribution >= 0.6 is 22.6 Å². The smallest absolute Gasteiger partial charge is 0.328 e. The molecule has 8 heteroatoms. The summed E-state index contributed by atoms with van der Waals surface area (Å²) < 4.78 is 36.3. The summed E-state index contributed by atoms with van der Waals surface area (Å²) >= 11 is 2.11. The van der Waals surface area contributed by atoms with E-state index in [0.717, 1.165) is 9.13 Å². The molecular weight excluding hydrogens is 519 g/mol. The molecule has 0 saturated heterocycles. The lowest BCUT2D eigenvalue weighted by Crippen LogP contribution is -2.49. The molecule has 0 aliphatic rings. The van der Waals surface area contributed by atoms with E-state index in [1.807, 2.05) is 12.1 Å². The molecule has 1 unspecified atom stereocenters. The maximum Gasteiger partial charge on any atom is 0.328 e. The zero-order valence-electron chi connectivity index (χ0n) is 16.7. The van der Waals surface area contributed by atoms with Gasteiger partial charge in [-0.1, -0.05) is 48.6 Å². The van der Waals surface area contributed by atoms with Crippen molar-refractivity contribution in [3.8, 4) is 0 Å². The Kier molecular flexibility index (Phi) is 8.60. The summed E-state index contributed by atoms with van der Waals surface area (Å²) in [7, 11) is -2.95. The molecule has 0 spiro atoms. The van der Waals surface area contributed by atoms with Crippen molar-refractivity contribution in [2.45, 2.75) is 29.4 Å². The van der Waals surface area contributed by atoms with Gasteiger partial charge in [0.15, 0.2) is 14.6 Å². The number of methoxy groups -OCH3 is 1. The van der Waals surface area contributed by atoms with E-state index in [1.54, 1.807) is 30.3 Å². The second-order valence-corrected chi connectivity index (χ2v) is 9.97. The highest BCUT2D eigenvalue weighted by Crippen LogP contribution is 2.35. The van der Waals surface area contributed by atoms with E-state index < -0.39 is 26.5 Å². The van der Waals surface area contributed by atoms with Crippen molar-refractivity contribution in [3.05, 3.63) is 75.9 Å². The van der Waals surface area contributed by atoms with Crippen molar-refractivity contribution >= 4 is 44.4 Å². The molecule has 0 heterocycles. The van der Waals surface area contributed by atoms with Gasteiger partial charge in [0, 0.05) is 16.9 Å². The third kappa shape index (κ3) is 5.48. The van der Waals surface area contributed by atoms with E-state index >= 15 is 0 Å². The number of esters is 2. The molecule has 0 aliphatic heterocycles. The maximum atomic E-state index is 13.7. The van der Waals surface area contributed by atoms with Crippen LogP contribution in [-0.4, -0.2) is 38.8 Å². The molecule has 6 nitrogen and oxygen atoms in total. The average Bonchev–Trinajstić information content (AvgIpc) is 2.73. The van der Waals surface area contributed by atoms with Crippen molar-refractivity contribution < 1.29 is 27.5 Å². The molecular formula is C22H23IO6S. The lowest BCUT2D eigenvalue weighted by molar-refractivity contribution is -0.144. The summed E-state index contributed by atoms with van der Waals surface area (Å²) in [6, 6.07) is 15.1. The molecule has 1 atom stereocenters. The van der Waals surface area contributed by atoms with E-state index in [0.29, 0.717) is 0 Å². The molecule has 2 aromatic carbocycles. The van der Waals surface area contributed by atoms with Gasteiger partial charge in [-0.3, -0.25) is 9.59 Å². The van der Waals surface area contributed by atoms with Crippen molar-refractivity contribution in [1.82, 2.24) is 0 Å². The molecule has 2 aromatic rings. The fourth-order valence-corrected chi connectivity index (χ4v) is 5.52. The fourth-order valence-electron chi connectivity index (χ4n) is 3.01. The third-order valence-electron chi connectivity index (χ3n) is 4.56. The normalized spacial score (nSPS) is 13.6. The van der Waals surface area contributed by atoms with Crippen molar-refractivity contribution in [3.63, 3.8) is 0 Å². The first-order chi connectivity index (χ1) is 14.2. The van der Waals surface area contributed by atoms with E-state index in [4.69, 9.17) is 9.47 Å². The summed E-state index contributed by atoms with van der Waals surface area (Å²) in [4.78, 5) is 24.0. The Morgan fingerprint density at radius 1 is 1.03 bits per heavy atom. The molecule has 0 aromatic heterocycles. The molecule has 0 aliphatic carbocycles. The first-order valence-corrected chi connectivity index (χ1v) is 11.7. The predicted molar refractivity (Wildman–Crippen MR) is 122 cm³/mol. The zero-order valence-corrected chi connectivity index (χ0v) is 19.7. The van der Waals surface area contributed by atoms with Crippen LogP contribution in [0.15, 0.2) is 71.6 Å². The highest BCUT2D eigenvalue weighted by atomic mass is 127. The summed E-state index contributed by atoms with van der Waals surface area (Å²) in [5.41, 5.74) is 0.719. The van der Waals surface area contributed by atoms with Gasteiger partial charge in [0.1, 0.15) is 6.61 Å². The number of hydrogen-bond donors (Lipinski definition) is 0. The maximum absolute atomic E-state index is 13.7. The van der Waals surface area contributed by atoms with Crippen molar-refractivity contribution in [1.29, 1.82) is 0 Å². The van der Waals surface area contributed by atoms with Crippen molar-refractivity contribution in [2.24, 2.45) is 0 Å². The molecule has 160 valence electrons. The number of rotatable bonds is 9. The number of ether oxygens (including phenoxy) is 2. The average molecular weight is 542 g/mol. The van der Waals surface area contributed by atoms with Crippen LogP contribution in [0.5, 0.6) is 0 Å². The standard InChI is InChI=1S/C22H23IO6S/c1-17(24)29-15-9-8-14-22(21(25)28-2,16-18-10-6-7-13-20(18)23)30(26,27)19-11-4-3-5-12-19/h3-13H,14-16H2,1-2H3. The van der Waals surface area contributed by atoms with E-state index in [2.05, 4.69) is 22.6 Å². The van der Waals surface area contributed by atoms with Gasteiger partial charge < -0.3 is 9.47 Å². The summed E-state index contributed by atoms with van der Waals surface area (Å²) in [5, 5.41) is 0. The van der Waals surface area contributed by atoms with Gasteiger partial charge in [-0.2, -0.15) is 0 Å². The van der Waals surface area contributed by atoms with Gasteiger partial charge in [0.05, 0.1) is 12.0 Å². The Bertz CT molecular complexity index is 1020. The van der Waals surface area contributed by atoms with Crippen LogP contribution in [-0.2, 0) is 35.3 Å². The third-order valence-corrected chi connectivity index (χ3v) is 8.01. The van der Waals surface area contributed by atoms with Crippen LogP contribution in [0.25, 0.3) is 0 Å². The number of carbonyl (C=O) groups excluding carboxylic acids is 2. The van der Waals surface area contributed by atoms with Crippen LogP contribution in [0.3, 0.4) is 0 Å². The Morgan fingerprint density at radius 3 is 2.27 bits per heavy atom. The molecule has 0 radical (unpaired) electrons. The minimum absolute atomic E-state index is 0.0131. The Morgan fingerprint density at radius 2 is 1.67 bits per heavy atom. The van der Waals surface area contributed by atoms with Gasteiger partial charge in [0.2, 0.25) is 0 Å². The van der Waals surface area contributed by atoms with E-state index in [-0.39, 0.29) is 24.3 Å². The van der Waals surface area contributed by atoms with Crippen LogP contribution in [0.2, 0.25) is 0 Å². The van der Waals surface area contributed by atoms with Gasteiger partial charge in [-0.15, -0.1) is 0 Å². The number of benzene rings is 2. The number of allylic oxidation sites excluding steroid dienone is 1. The highest BCUT2D eigenvalue weighted by molar-refractivity contribution is 14.1. The lowest BCUT2D eigenvalue weighted by atomic mass is 9.94. The summed E-state index contributed by atoms with van der Waals surface area (Å²) in [6.07, 6.45) is 2.86. The second kappa shape index (κ2) is 10.7. The number of carbonyl (C=O) groups is 2. The topological polar surface area (TPSA) is 86.7 Å². The number of sulfone groups is 1. The van der Waals surface area contributed by atoms with Gasteiger partial charge in [0.25, 0.3) is 0 Å². The van der Waals surface area contributed by atoms with Gasteiger partial charge >= 0.3 is 11.9 Å². The minimum Gasteiger partial charge on any atom is -0.468 e. The van der Waals surface area contributed by atoms with Crippen LogP contribution in [0.1, 0.15) is 18.9 Å². The van der Waals surface area contributed by atoms with E-state index in [9.17, 15) is 18.0 Å². The molecule has 2 rings (SSSR count). The van der Waals surface area contributed by atoms with E-state index in [1.165, 1.54) is 38.3 Å². The number of hydrogen-bond acceptors (Lipinski definition) is 6. The van der Waals surface area contributed by atoms with Crippen LogP contribution in [0, 0.1) is 3.57 Å². The summed E-state index contributed by atoms with van der Waals surface area (Å²) in [5.74, 6) is -1.29. The molecule has 0 amide bonds. The Labute approximate surface area is 190 Å². The summed E-state index contributed by atoms with van der Waals surface area (Å²) in [6.45, 7) is 1.27. The Balaban J connectivity index is 2.58. The zero-order chi connectivity index (χ0) is 22.2.